The number of nitrogens with two attached hydrogens (primary N) is 1. The normalized spacial score (nSPS) is 10.3. The molecule has 0 radical (unpaired) electrons. The average Bonchev–Trinajstić information content (AvgIpc) is 2.61. The summed E-state index contributed by atoms with van der Waals surface area (Å²) in [5.74, 6) is 0.347. The Morgan fingerprint density at radius 3 is 2.58 bits per heavy atom. The van der Waals surface area contributed by atoms with Crippen LogP contribution < -0.4 is 10.5 Å². The smallest absolute Gasteiger partial charge is 0.147 e. The monoisotopic (exact) mass is 259 g/mol. The van der Waals surface area contributed by atoms with Crippen molar-refractivity contribution < 1.29 is 9.13 Å². The predicted octanol–water partition coefficient (Wildman–Crippen LogP) is 2.70. The van der Waals surface area contributed by atoms with Crippen molar-refractivity contribution in [2.45, 2.75) is 13.8 Å². The van der Waals surface area contributed by atoms with Gasteiger partial charge in [-0.05, 0) is 31.5 Å². The number of nitrogens with zero attached hydrogens (tertiary/aromatic N) is 2. The summed E-state index contributed by atoms with van der Waals surface area (Å²) in [6, 6.07) is 6.45. The van der Waals surface area contributed by atoms with Crippen LogP contribution in [-0.2, 0) is 0 Å². The van der Waals surface area contributed by atoms with Crippen LogP contribution in [0, 0.1) is 31.0 Å². The number of hydrogen-bond donors (Lipinski definition) is 1. The number of halogens is 1. The van der Waals surface area contributed by atoms with Crippen LogP contribution in [0.3, 0.4) is 0 Å². The molecule has 2 rings (SSSR count). The number of aromatic nitrogens is 1. The third kappa shape index (κ3) is 1.91. The molecule has 0 saturated carbocycles. The Balaban J connectivity index is 2.76. The van der Waals surface area contributed by atoms with E-state index in [1.165, 1.54) is 23.8 Å². The highest BCUT2D eigenvalue weighted by atomic mass is 19.1. The molecule has 19 heavy (non-hydrogen) atoms. The van der Waals surface area contributed by atoms with Crippen molar-refractivity contribution in [3.63, 3.8) is 0 Å². The van der Waals surface area contributed by atoms with E-state index in [0.29, 0.717) is 11.3 Å². The summed E-state index contributed by atoms with van der Waals surface area (Å²) in [4.78, 5) is 0. The molecule has 0 saturated heterocycles. The zero-order valence-electron chi connectivity index (χ0n) is 11.0. The Morgan fingerprint density at radius 1 is 1.37 bits per heavy atom. The molecule has 0 spiro atoms. The topological polar surface area (TPSA) is 64.0 Å². The summed E-state index contributed by atoms with van der Waals surface area (Å²) in [5, 5.41) is 9.09. The van der Waals surface area contributed by atoms with Gasteiger partial charge in [-0.15, -0.1) is 0 Å². The van der Waals surface area contributed by atoms with Gasteiger partial charge in [0.15, 0.2) is 0 Å². The Labute approximate surface area is 110 Å². The van der Waals surface area contributed by atoms with Gasteiger partial charge in [-0.25, -0.2) is 4.39 Å². The molecule has 2 aromatic rings. The van der Waals surface area contributed by atoms with Crippen LogP contribution >= 0.6 is 0 Å². The van der Waals surface area contributed by atoms with Gasteiger partial charge in [-0.1, -0.05) is 0 Å². The maximum atomic E-state index is 14.0. The van der Waals surface area contributed by atoms with Crippen LogP contribution in [0.1, 0.15) is 16.8 Å². The fourth-order valence-electron chi connectivity index (χ4n) is 2.08. The lowest BCUT2D eigenvalue weighted by molar-refractivity contribution is 0.413. The van der Waals surface area contributed by atoms with Crippen molar-refractivity contribution in [3.05, 3.63) is 40.8 Å². The second-order valence-corrected chi connectivity index (χ2v) is 4.24. The minimum atomic E-state index is -0.421. The molecule has 98 valence electrons. The van der Waals surface area contributed by atoms with E-state index >= 15 is 0 Å². The fourth-order valence-corrected chi connectivity index (χ4v) is 2.08. The predicted molar refractivity (Wildman–Crippen MR) is 70.9 cm³/mol. The molecule has 1 aromatic carbocycles. The van der Waals surface area contributed by atoms with Crippen molar-refractivity contribution in [2.75, 3.05) is 12.8 Å². The Hall–Kier alpha value is -2.48. The number of methoxy groups -OCH3 is 1. The minimum absolute atomic E-state index is 0.240. The largest absolute Gasteiger partial charge is 0.497 e. The number of hydrogen-bond acceptors (Lipinski definition) is 3. The molecule has 0 bridgehead atoms. The third-order valence-electron chi connectivity index (χ3n) is 3.26. The Morgan fingerprint density at radius 2 is 2.05 bits per heavy atom. The maximum absolute atomic E-state index is 14.0. The molecule has 5 heteroatoms. The van der Waals surface area contributed by atoms with E-state index in [1.54, 1.807) is 19.9 Å². The van der Waals surface area contributed by atoms with Crippen LogP contribution in [0.25, 0.3) is 5.69 Å². The number of nitriles is 1. The molecule has 0 aliphatic carbocycles. The molecule has 0 atom stereocenters. The third-order valence-corrected chi connectivity index (χ3v) is 3.26. The number of nitrogen functional groups attached to an aromatic ring is 1. The van der Waals surface area contributed by atoms with Crippen LogP contribution in [-0.4, -0.2) is 11.7 Å². The Bertz CT molecular complexity index is 683. The first-order valence-corrected chi connectivity index (χ1v) is 5.72. The molecule has 0 amide bonds. The van der Waals surface area contributed by atoms with Crippen molar-refractivity contribution in [2.24, 2.45) is 0 Å². The van der Waals surface area contributed by atoms with Crippen LogP contribution in [0.4, 0.5) is 10.2 Å². The quantitative estimate of drug-likeness (QED) is 0.901. The van der Waals surface area contributed by atoms with Gasteiger partial charge in [-0.3, -0.25) is 4.57 Å². The number of benzene rings is 1. The summed E-state index contributed by atoms with van der Waals surface area (Å²) < 4.78 is 20.6. The summed E-state index contributed by atoms with van der Waals surface area (Å²) in [6.07, 6.45) is 0. The molecule has 1 aromatic heterocycles. The van der Waals surface area contributed by atoms with Crippen LogP contribution in [0.2, 0.25) is 0 Å². The van der Waals surface area contributed by atoms with E-state index in [1.807, 2.05) is 6.07 Å². The van der Waals surface area contributed by atoms with Gasteiger partial charge in [0, 0.05) is 11.8 Å². The molecule has 0 unspecified atom stereocenters. The fraction of sp³-hybridized carbons (Fsp3) is 0.214. The minimum Gasteiger partial charge on any atom is -0.497 e. The lowest BCUT2D eigenvalue weighted by Gasteiger charge is -2.11. The van der Waals surface area contributed by atoms with Gasteiger partial charge < -0.3 is 10.5 Å². The highest BCUT2D eigenvalue weighted by Gasteiger charge is 2.18. The summed E-state index contributed by atoms with van der Waals surface area (Å²) >= 11 is 0. The van der Waals surface area contributed by atoms with E-state index < -0.39 is 5.82 Å². The molecule has 0 aliphatic rings. The molecule has 0 fully saturated rings. The van der Waals surface area contributed by atoms with Crippen LogP contribution in [0.15, 0.2) is 18.2 Å². The van der Waals surface area contributed by atoms with E-state index in [4.69, 9.17) is 15.7 Å². The second kappa shape index (κ2) is 4.65. The highest BCUT2D eigenvalue weighted by molar-refractivity contribution is 5.62. The summed E-state index contributed by atoms with van der Waals surface area (Å²) in [7, 11) is 1.51. The lowest BCUT2D eigenvalue weighted by atomic mass is 10.2. The van der Waals surface area contributed by atoms with Crippen molar-refractivity contribution in [1.82, 2.24) is 4.57 Å². The molecular weight excluding hydrogens is 245 g/mol. The van der Waals surface area contributed by atoms with Gasteiger partial charge in [0.25, 0.3) is 0 Å². The van der Waals surface area contributed by atoms with Gasteiger partial charge in [0.1, 0.15) is 23.5 Å². The number of anilines is 1. The first-order chi connectivity index (χ1) is 9.01. The maximum Gasteiger partial charge on any atom is 0.147 e. The van der Waals surface area contributed by atoms with Gasteiger partial charge >= 0.3 is 0 Å². The van der Waals surface area contributed by atoms with Crippen molar-refractivity contribution in [1.29, 1.82) is 5.26 Å². The standard InChI is InChI=1S/C14H14FN3O/c1-8-9(2)18(14(17)11(8)7-16)13-6-10(19-3)4-5-12(13)15/h4-6H,17H2,1-3H3. The van der Waals surface area contributed by atoms with E-state index in [2.05, 4.69) is 0 Å². The first-order valence-electron chi connectivity index (χ1n) is 5.72. The Kier molecular flexibility index (Phi) is 3.17. The summed E-state index contributed by atoms with van der Waals surface area (Å²) in [5.41, 5.74) is 8.08. The molecule has 1 heterocycles. The first kappa shape index (κ1) is 13.0. The van der Waals surface area contributed by atoms with Gasteiger partial charge in [-0.2, -0.15) is 5.26 Å². The summed E-state index contributed by atoms with van der Waals surface area (Å²) in [6.45, 7) is 3.59. The van der Waals surface area contributed by atoms with Gasteiger partial charge in [0.05, 0.1) is 18.4 Å². The lowest BCUT2D eigenvalue weighted by Crippen LogP contribution is -2.05. The van der Waals surface area contributed by atoms with Crippen molar-refractivity contribution >= 4 is 5.82 Å². The van der Waals surface area contributed by atoms with E-state index in [9.17, 15) is 4.39 Å². The van der Waals surface area contributed by atoms with Crippen LogP contribution in [0.5, 0.6) is 5.75 Å². The number of ether oxygens (including phenoxy) is 1. The van der Waals surface area contributed by atoms with E-state index in [0.717, 1.165) is 11.3 Å². The molecule has 2 N–H and O–H groups in total. The molecular formula is C14H14FN3O. The average molecular weight is 259 g/mol. The zero-order chi connectivity index (χ0) is 14.2. The second-order valence-electron chi connectivity index (χ2n) is 4.24. The molecule has 0 aliphatic heterocycles. The van der Waals surface area contributed by atoms with Crippen molar-refractivity contribution in [3.8, 4) is 17.5 Å². The number of rotatable bonds is 2. The van der Waals surface area contributed by atoms with Gasteiger partial charge in [0.2, 0.25) is 0 Å². The molecule has 4 nitrogen and oxygen atoms in total. The zero-order valence-corrected chi connectivity index (χ0v) is 11.0. The SMILES string of the molecule is COc1ccc(F)c(-n2c(C)c(C)c(C#N)c2N)c1. The van der Waals surface area contributed by atoms with E-state index in [-0.39, 0.29) is 11.5 Å². The highest BCUT2D eigenvalue weighted by Crippen LogP contribution is 2.30.